The molecule has 0 aliphatic carbocycles. The van der Waals surface area contributed by atoms with Gasteiger partial charge in [0, 0.05) is 6.04 Å². The molecule has 1 saturated heterocycles. The third-order valence-electron chi connectivity index (χ3n) is 3.34. The van der Waals surface area contributed by atoms with Crippen LogP contribution in [0.25, 0.3) is 0 Å². The van der Waals surface area contributed by atoms with Crippen LogP contribution in [-0.4, -0.2) is 30.6 Å². The molecule has 0 unspecified atom stereocenters. The van der Waals surface area contributed by atoms with Crippen LogP contribution in [0.4, 0.5) is 0 Å². The van der Waals surface area contributed by atoms with Gasteiger partial charge >= 0.3 is 0 Å². The second-order valence-corrected chi connectivity index (χ2v) is 4.58. The molecule has 2 heteroatoms. The van der Waals surface area contributed by atoms with Crippen LogP contribution in [0, 0.1) is 0 Å². The van der Waals surface area contributed by atoms with Crippen molar-refractivity contribution >= 4 is 0 Å². The fourth-order valence-corrected chi connectivity index (χ4v) is 2.30. The highest BCUT2D eigenvalue weighted by Gasteiger charge is 2.16. The Morgan fingerprint density at radius 3 is 2.64 bits per heavy atom. The molecule has 1 atom stereocenters. The van der Waals surface area contributed by atoms with E-state index < -0.39 is 0 Å². The zero-order chi connectivity index (χ0) is 10.2. The maximum absolute atomic E-state index is 5.47. The molecule has 0 aromatic carbocycles. The first-order chi connectivity index (χ1) is 6.84. The maximum Gasteiger partial charge on any atom is 0.00669 e. The molecule has 1 fully saturated rings. The molecule has 0 saturated carbocycles. The second-order valence-electron chi connectivity index (χ2n) is 4.58. The van der Waals surface area contributed by atoms with Gasteiger partial charge in [-0.05, 0) is 52.2 Å². The minimum atomic E-state index is 0.832. The molecule has 0 aromatic heterocycles. The van der Waals surface area contributed by atoms with E-state index in [4.69, 9.17) is 5.73 Å². The average molecular weight is 198 g/mol. The van der Waals surface area contributed by atoms with E-state index in [1.807, 2.05) is 0 Å². The lowest BCUT2D eigenvalue weighted by atomic mass is 10.0. The highest BCUT2D eigenvalue weighted by molar-refractivity contribution is 4.72. The summed E-state index contributed by atoms with van der Waals surface area (Å²) in [6, 6.07) is 0.832. The van der Waals surface area contributed by atoms with Gasteiger partial charge in [0.05, 0.1) is 0 Å². The van der Waals surface area contributed by atoms with Gasteiger partial charge in [-0.2, -0.15) is 0 Å². The third-order valence-corrected chi connectivity index (χ3v) is 3.34. The third kappa shape index (κ3) is 4.43. The van der Waals surface area contributed by atoms with E-state index in [9.17, 15) is 0 Å². The van der Waals surface area contributed by atoms with Crippen molar-refractivity contribution in [1.29, 1.82) is 0 Å². The van der Waals surface area contributed by atoms with Crippen LogP contribution in [0.2, 0.25) is 0 Å². The monoisotopic (exact) mass is 198 g/mol. The first kappa shape index (κ1) is 12.0. The lowest BCUT2D eigenvalue weighted by Gasteiger charge is -2.33. The Hall–Kier alpha value is -0.0800. The van der Waals surface area contributed by atoms with Crippen molar-refractivity contribution in [2.45, 2.75) is 57.9 Å². The van der Waals surface area contributed by atoms with Crippen LogP contribution in [-0.2, 0) is 0 Å². The maximum atomic E-state index is 5.47. The molecule has 0 radical (unpaired) electrons. The Bertz CT molecular complexity index is 136. The Balaban J connectivity index is 1.99. The summed E-state index contributed by atoms with van der Waals surface area (Å²) in [6.07, 6.45) is 9.50. The first-order valence-electron chi connectivity index (χ1n) is 6.28. The SMILES string of the molecule is C[C@@H]1CCCCN1CCCCCCN. The van der Waals surface area contributed by atoms with E-state index in [0.717, 1.165) is 12.6 Å². The molecular formula is C12H26N2. The number of piperidine rings is 1. The largest absolute Gasteiger partial charge is 0.330 e. The van der Waals surface area contributed by atoms with Crippen molar-refractivity contribution < 1.29 is 0 Å². The van der Waals surface area contributed by atoms with Crippen molar-refractivity contribution in [3.63, 3.8) is 0 Å². The summed E-state index contributed by atoms with van der Waals surface area (Å²) in [4.78, 5) is 2.66. The molecule has 0 aromatic rings. The van der Waals surface area contributed by atoms with Gasteiger partial charge in [0.15, 0.2) is 0 Å². The van der Waals surface area contributed by atoms with Gasteiger partial charge in [0.2, 0.25) is 0 Å². The van der Waals surface area contributed by atoms with Gasteiger partial charge in [0.25, 0.3) is 0 Å². The standard InChI is InChI=1S/C12H26N2/c1-12-8-4-7-11-14(12)10-6-3-2-5-9-13/h12H,2-11,13H2,1H3/t12-/m1/s1. The van der Waals surface area contributed by atoms with E-state index in [-0.39, 0.29) is 0 Å². The number of likely N-dealkylation sites (tertiary alicyclic amines) is 1. The Morgan fingerprint density at radius 2 is 1.93 bits per heavy atom. The highest BCUT2D eigenvalue weighted by Crippen LogP contribution is 2.16. The van der Waals surface area contributed by atoms with Crippen LogP contribution in [0.15, 0.2) is 0 Å². The van der Waals surface area contributed by atoms with E-state index in [0.29, 0.717) is 0 Å². The normalized spacial score (nSPS) is 24.0. The average Bonchev–Trinajstić information content (AvgIpc) is 2.20. The molecule has 1 rings (SSSR count). The van der Waals surface area contributed by atoms with E-state index in [2.05, 4.69) is 11.8 Å². The summed E-state index contributed by atoms with van der Waals surface area (Å²) in [6.45, 7) is 5.88. The molecule has 0 amide bonds. The van der Waals surface area contributed by atoms with Crippen LogP contribution in [0.1, 0.15) is 51.9 Å². The zero-order valence-corrected chi connectivity index (χ0v) is 9.67. The zero-order valence-electron chi connectivity index (χ0n) is 9.67. The van der Waals surface area contributed by atoms with Crippen molar-refractivity contribution in [3.05, 3.63) is 0 Å². The molecule has 2 nitrogen and oxygen atoms in total. The molecule has 0 bridgehead atoms. The lowest BCUT2D eigenvalue weighted by Crippen LogP contribution is -2.37. The molecule has 1 aliphatic heterocycles. The van der Waals surface area contributed by atoms with Crippen molar-refractivity contribution in [3.8, 4) is 0 Å². The molecule has 2 N–H and O–H groups in total. The molecule has 84 valence electrons. The topological polar surface area (TPSA) is 29.3 Å². The molecule has 1 heterocycles. The summed E-state index contributed by atoms with van der Waals surface area (Å²) in [5.41, 5.74) is 5.47. The predicted molar refractivity (Wildman–Crippen MR) is 62.4 cm³/mol. The molecule has 0 spiro atoms. The summed E-state index contributed by atoms with van der Waals surface area (Å²) in [5.74, 6) is 0. The van der Waals surface area contributed by atoms with Crippen LogP contribution < -0.4 is 5.73 Å². The first-order valence-corrected chi connectivity index (χ1v) is 6.28. The fraction of sp³-hybridized carbons (Fsp3) is 1.00. The summed E-state index contributed by atoms with van der Waals surface area (Å²) >= 11 is 0. The van der Waals surface area contributed by atoms with E-state index in [1.165, 1.54) is 58.0 Å². The fourth-order valence-electron chi connectivity index (χ4n) is 2.30. The summed E-state index contributed by atoms with van der Waals surface area (Å²) < 4.78 is 0. The summed E-state index contributed by atoms with van der Waals surface area (Å²) in [5, 5.41) is 0. The second kappa shape index (κ2) is 7.24. The number of hydrogen-bond acceptors (Lipinski definition) is 2. The van der Waals surface area contributed by atoms with Gasteiger partial charge in [-0.3, -0.25) is 0 Å². The van der Waals surface area contributed by atoms with E-state index in [1.54, 1.807) is 0 Å². The Labute approximate surface area is 88.8 Å². The van der Waals surface area contributed by atoms with Crippen LogP contribution in [0.3, 0.4) is 0 Å². The molecular weight excluding hydrogens is 172 g/mol. The van der Waals surface area contributed by atoms with Crippen LogP contribution >= 0.6 is 0 Å². The number of rotatable bonds is 6. The molecule has 1 aliphatic rings. The minimum absolute atomic E-state index is 0.832. The predicted octanol–water partition coefficient (Wildman–Crippen LogP) is 2.38. The number of nitrogens with two attached hydrogens (primary N) is 1. The van der Waals surface area contributed by atoms with E-state index >= 15 is 0 Å². The van der Waals surface area contributed by atoms with Gasteiger partial charge in [-0.25, -0.2) is 0 Å². The minimum Gasteiger partial charge on any atom is -0.330 e. The quantitative estimate of drug-likeness (QED) is 0.664. The van der Waals surface area contributed by atoms with Gasteiger partial charge in [-0.1, -0.05) is 19.3 Å². The summed E-state index contributed by atoms with van der Waals surface area (Å²) in [7, 11) is 0. The van der Waals surface area contributed by atoms with Crippen molar-refractivity contribution in [2.24, 2.45) is 5.73 Å². The van der Waals surface area contributed by atoms with Crippen LogP contribution in [0.5, 0.6) is 0 Å². The lowest BCUT2D eigenvalue weighted by molar-refractivity contribution is 0.157. The molecule has 14 heavy (non-hydrogen) atoms. The Morgan fingerprint density at radius 1 is 1.14 bits per heavy atom. The van der Waals surface area contributed by atoms with Gasteiger partial charge in [0.1, 0.15) is 0 Å². The highest BCUT2D eigenvalue weighted by atomic mass is 15.1. The van der Waals surface area contributed by atoms with Crippen molar-refractivity contribution in [1.82, 2.24) is 4.90 Å². The van der Waals surface area contributed by atoms with Gasteiger partial charge < -0.3 is 10.6 Å². The van der Waals surface area contributed by atoms with Gasteiger partial charge in [-0.15, -0.1) is 0 Å². The number of nitrogens with zero attached hydrogens (tertiary/aromatic N) is 1. The smallest absolute Gasteiger partial charge is 0.00669 e. The van der Waals surface area contributed by atoms with Crippen molar-refractivity contribution in [2.75, 3.05) is 19.6 Å². The number of hydrogen-bond donors (Lipinski definition) is 1. The Kier molecular flexibility index (Phi) is 6.20. The number of unbranched alkanes of at least 4 members (excludes halogenated alkanes) is 3.